The van der Waals surface area contributed by atoms with Gasteiger partial charge in [0.2, 0.25) is 0 Å². The monoisotopic (exact) mass is 240 g/mol. The molecule has 0 N–H and O–H groups in total. The molecule has 0 fully saturated rings. The van der Waals surface area contributed by atoms with Crippen molar-refractivity contribution in [1.82, 2.24) is 4.57 Å². The molecule has 2 rings (SSSR count). The molecule has 0 aliphatic heterocycles. The number of aliphatic imine (C=N–C) groups is 1. The highest BCUT2D eigenvalue weighted by molar-refractivity contribution is 6.00. The van der Waals surface area contributed by atoms with Gasteiger partial charge in [0.05, 0.1) is 5.69 Å². The number of hydrogen-bond donors (Lipinski definition) is 0. The Balaban J connectivity index is 2.35. The van der Waals surface area contributed by atoms with Crippen LogP contribution in [0, 0.1) is 6.92 Å². The van der Waals surface area contributed by atoms with Crippen LogP contribution in [0.4, 0.5) is 5.69 Å². The number of benzene rings is 1. The summed E-state index contributed by atoms with van der Waals surface area (Å²) in [5.41, 5.74) is 3.79. The third kappa shape index (κ3) is 2.74. The number of pyridine rings is 1. The zero-order chi connectivity index (χ0) is 13.1. The van der Waals surface area contributed by atoms with Gasteiger partial charge in [-0.1, -0.05) is 17.7 Å². The first-order valence-corrected chi connectivity index (χ1v) is 5.85. The molecular weight excluding hydrogens is 224 g/mol. The van der Waals surface area contributed by atoms with Crippen LogP contribution in [0.3, 0.4) is 0 Å². The maximum atomic E-state index is 11.5. The fourth-order valence-electron chi connectivity index (χ4n) is 1.65. The predicted octanol–water partition coefficient (Wildman–Crippen LogP) is 2.83. The SMILES string of the molecule is CC(=Nc1ccc(C)cc1)c1ccn(C)c(=O)c1. The Bertz CT molecular complexity index is 636. The molecule has 0 amide bonds. The van der Waals surface area contributed by atoms with Crippen molar-refractivity contribution in [3.8, 4) is 0 Å². The molecule has 0 saturated carbocycles. The first kappa shape index (κ1) is 12.3. The van der Waals surface area contributed by atoms with Gasteiger partial charge in [-0.25, -0.2) is 0 Å². The third-order valence-electron chi connectivity index (χ3n) is 2.85. The molecule has 0 aliphatic rings. The Morgan fingerprint density at radius 3 is 2.44 bits per heavy atom. The molecule has 3 heteroatoms. The largest absolute Gasteiger partial charge is 0.319 e. The average Bonchev–Trinajstić information content (AvgIpc) is 2.35. The van der Waals surface area contributed by atoms with E-state index in [0.29, 0.717) is 0 Å². The van der Waals surface area contributed by atoms with Gasteiger partial charge in [-0.3, -0.25) is 9.79 Å². The van der Waals surface area contributed by atoms with Crippen molar-refractivity contribution < 1.29 is 0 Å². The van der Waals surface area contributed by atoms with E-state index in [4.69, 9.17) is 0 Å². The molecule has 0 radical (unpaired) electrons. The van der Waals surface area contributed by atoms with Crippen LogP contribution in [-0.2, 0) is 7.05 Å². The summed E-state index contributed by atoms with van der Waals surface area (Å²) < 4.78 is 1.54. The summed E-state index contributed by atoms with van der Waals surface area (Å²) in [6, 6.07) is 11.5. The van der Waals surface area contributed by atoms with E-state index in [1.54, 1.807) is 23.9 Å². The van der Waals surface area contributed by atoms with Crippen molar-refractivity contribution in [2.75, 3.05) is 0 Å². The topological polar surface area (TPSA) is 34.4 Å². The van der Waals surface area contributed by atoms with Gasteiger partial charge in [0.25, 0.3) is 5.56 Å². The molecule has 1 heterocycles. The summed E-state index contributed by atoms with van der Waals surface area (Å²) in [7, 11) is 1.73. The van der Waals surface area contributed by atoms with Crippen LogP contribution in [0.15, 0.2) is 52.4 Å². The molecule has 18 heavy (non-hydrogen) atoms. The maximum Gasteiger partial charge on any atom is 0.250 e. The maximum absolute atomic E-state index is 11.5. The molecule has 0 atom stereocenters. The summed E-state index contributed by atoms with van der Waals surface area (Å²) in [5, 5.41) is 0. The molecule has 0 spiro atoms. The zero-order valence-electron chi connectivity index (χ0n) is 10.8. The lowest BCUT2D eigenvalue weighted by molar-refractivity contribution is 0.859. The second kappa shape index (κ2) is 5.00. The molecule has 92 valence electrons. The fraction of sp³-hybridized carbons (Fsp3) is 0.200. The van der Waals surface area contributed by atoms with Crippen LogP contribution in [0.1, 0.15) is 18.1 Å². The van der Waals surface area contributed by atoms with Crippen molar-refractivity contribution in [1.29, 1.82) is 0 Å². The summed E-state index contributed by atoms with van der Waals surface area (Å²) in [4.78, 5) is 16.1. The van der Waals surface area contributed by atoms with E-state index in [1.165, 1.54) is 5.56 Å². The lowest BCUT2D eigenvalue weighted by Crippen LogP contribution is -2.16. The van der Waals surface area contributed by atoms with E-state index in [9.17, 15) is 4.79 Å². The summed E-state index contributed by atoms with van der Waals surface area (Å²) in [6.45, 7) is 3.95. The fourth-order valence-corrected chi connectivity index (χ4v) is 1.65. The van der Waals surface area contributed by atoms with Crippen LogP contribution in [0.2, 0.25) is 0 Å². The highest BCUT2D eigenvalue weighted by atomic mass is 16.1. The smallest absolute Gasteiger partial charge is 0.250 e. The number of rotatable bonds is 2. The van der Waals surface area contributed by atoms with E-state index in [1.807, 2.05) is 44.2 Å². The summed E-state index contributed by atoms with van der Waals surface area (Å²) >= 11 is 0. The quantitative estimate of drug-likeness (QED) is 0.743. The average molecular weight is 240 g/mol. The molecular formula is C15H16N2O. The molecule has 2 aromatic rings. The van der Waals surface area contributed by atoms with Gasteiger partial charge in [-0.15, -0.1) is 0 Å². The van der Waals surface area contributed by atoms with Crippen LogP contribution >= 0.6 is 0 Å². The summed E-state index contributed by atoms with van der Waals surface area (Å²) in [6.07, 6.45) is 1.76. The standard InChI is InChI=1S/C15H16N2O/c1-11-4-6-14(7-5-11)16-12(2)13-8-9-17(3)15(18)10-13/h4-10H,1-3H3. The molecule has 3 nitrogen and oxygen atoms in total. The molecule has 0 unspecified atom stereocenters. The first-order chi connectivity index (χ1) is 8.56. The van der Waals surface area contributed by atoms with Crippen LogP contribution in [0.5, 0.6) is 0 Å². The van der Waals surface area contributed by atoms with Gasteiger partial charge in [0, 0.05) is 30.6 Å². The van der Waals surface area contributed by atoms with Gasteiger partial charge in [0.15, 0.2) is 0 Å². The molecule has 0 bridgehead atoms. The number of aryl methyl sites for hydroxylation is 2. The van der Waals surface area contributed by atoms with Gasteiger partial charge in [-0.2, -0.15) is 0 Å². The highest BCUT2D eigenvalue weighted by Gasteiger charge is 2.00. The number of nitrogens with zero attached hydrogens (tertiary/aromatic N) is 2. The van der Waals surface area contributed by atoms with Gasteiger partial charge >= 0.3 is 0 Å². The van der Waals surface area contributed by atoms with Crippen LogP contribution < -0.4 is 5.56 Å². The minimum absolute atomic E-state index is 0.0223. The van der Waals surface area contributed by atoms with E-state index >= 15 is 0 Å². The van der Waals surface area contributed by atoms with Crippen molar-refractivity contribution in [3.05, 3.63) is 64.1 Å². The van der Waals surface area contributed by atoms with Crippen molar-refractivity contribution >= 4 is 11.4 Å². The van der Waals surface area contributed by atoms with E-state index in [-0.39, 0.29) is 5.56 Å². The summed E-state index contributed by atoms with van der Waals surface area (Å²) in [5.74, 6) is 0. The van der Waals surface area contributed by atoms with E-state index in [0.717, 1.165) is 17.0 Å². The second-order valence-electron chi connectivity index (χ2n) is 4.40. The minimum Gasteiger partial charge on any atom is -0.319 e. The van der Waals surface area contributed by atoms with E-state index < -0.39 is 0 Å². The predicted molar refractivity (Wildman–Crippen MR) is 74.7 cm³/mol. The highest BCUT2D eigenvalue weighted by Crippen LogP contribution is 2.14. The molecule has 1 aromatic heterocycles. The van der Waals surface area contributed by atoms with Crippen LogP contribution in [0.25, 0.3) is 0 Å². The Morgan fingerprint density at radius 2 is 1.83 bits per heavy atom. The number of aromatic nitrogens is 1. The van der Waals surface area contributed by atoms with Gasteiger partial charge in [-0.05, 0) is 32.0 Å². The van der Waals surface area contributed by atoms with Gasteiger partial charge in [0.1, 0.15) is 0 Å². The van der Waals surface area contributed by atoms with Gasteiger partial charge < -0.3 is 4.57 Å². The molecule has 1 aromatic carbocycles. The molecule has 0 saturated heterocycles. The number of hydrogen-bond acceptors (Lipinski definition) is 2. The first-order valence-electron chi connectivity index (χ1n) is 5.85. The lowest BCUT2D eigenvalue weighted by atomic mass is 10.1. The zero-order valence-corrected chi connectivity index (χ0v) is 10.8. The van der Waals surface area contributed by atoms with Crippen molar-refractivity contribution in [2.24, 2.45) is 12.0 Å². The lowest BCUT2D eigenvalue weighted by Gasteiger charge is -2.03. The Kier molecular flexibility index (Phi) is 3.42. The minimum atomic E-state index is -0.0223. The van der Waals surface area contributed by atoms with Crippen LogP contribution in [-0.4, -0.2) is 10.3 Å². The third-order valence-corrected chi connectivity index (χ3v) is 2.85. The van der Waals surface area contributed by atoms with Crippen molar-refractivity contribution in [3.63, 3.8) is 0 Å². The second-order valence-corrected chi connectivity index (χ2v) is 4.40. The van der Waals surface area contributed by atoms with E-state index in [2.05, 4.69) is 4.99 Å². The normalized spacial score (nSPS) is 11.6. The molecule has 0 aliphatic carbocycles. The Labute approximate surface area is 106 Å². The Hall–Kier alpha value is -2.16. The Morgan fingerprint density at radius 1 is 1.17 bits per heavy atom. The van der Waals surface area contributed by atoms with Crippen molar-refractivity contribution in [2.45, 2.75) is 13.8 Å².